The lowest BCUT2D eigenvalue weighted by Gasteiger charge is -2.18. The minimum absolute atomic E-state index is 0.0436. The van der Waals surface area contributed by atoms with Crippen LogP contribution in [0.4, 0.5) is 5.69 Å². The molecule has 27 heavy (non-hydrogen) atoms. The zero-order valence-electron chi connectivity index (χ0n) is 15.2. The molecule has 1 amide bonds. The fraction of sp³-hybridized carbons (Fsp3) is 0.278. The van der Waals surface area contributed by atoms with Crippen molar-refractivity contribution in [2.75, 3.05) is 21.3 Å². The van der Waals surface area contributed by atoms with Crippen molar-refractivity contribution in [1.29, 1.82) is 0 Å². The van der Waals surface area contributed by atoms with E-state index in [-0.39, 0.29) is 22.8 Å². The van der Waals surface area contributed by atoms with Crippen molar-refractivity contribution >= 4 is 27.5 Å². The summed E-state index contributed by atoms with van der Waals surface area (Å²) < 4.78 is 16.3. The molecule has 0 bridgehead atoms. The highest BCUT2D eigenvalue weighted by atomic mass is 79.9. The summed E-state index contributed by atoms with van der Waals surface area (Å²) in [5.41, 5.74) is 0.154. The lowest BCUT2D eigenvalue weighted by Crippen LogP contribution is -2.27. The first-order valence-electron chi connectivity index (χ1n) is 7.88. The predicted octanol–water partition coefficient (Wildman–Crippen LogP) is 3.87. The molecule has 0 saturated carbocycles. The van der Waals surface area contributed by atoms with Gasteiger partial charge in [0.05, 0.1) is 32.3 Å². The van der Waals surface area contributed by atoms with E-state index in [0.29, 0.717) is 0 Å². The van der Waals surface area contributed by atoms with Crippen LogP contribution in [0.25, 0.3) is 0 Å². The highest BCUT2D eigenvalue weighted by Gasteiger charge is 2.33. The van der Waals surface area contributed by atoms with Gasteiger partial charge in [0.2, 0.25) is 11.5 Å². The predicted molar refractivity (Wildman–Crippen MR) is 103 cm³/mol. The van der Waals surface area contributed by atoms with E-state index in [4.69, 9.17) is 14.2 Å². The molecular formula is C18H19BrN2O6. The number of carbonyl (C=O) groups is 1. The van der Waals surface area contributed by atoms with Crippen LogP contribution in [-0.4, -0.2) is 32.2 Å². The van der Waals surface area contributed by atoms with Crippen molar-refractivity contribution in [2.24, 2.45) is 0 Å². The zero-order valence-corrected chi connectivity index (χ0v) is 16.8. The van der Waals surface area contributed by atoms with E-state index in [1.807, 2.05) is 24.3 Å². The quantitative estimate of drug-likeness (QED) is 0.519. The zero-order chi connectivity index (χ0) is 20.1. The van der Waals surface area contributed by atoms with Crippen molar-refractivity contribution < 1.29 is 23.9 Å². The number of hydrogen-bond acceptors (Lipinski definition) is 6. The number of halogens is 1. The van der Waals surface area contributed by atoms with Crippen LogP contribution >= 0.6 is 15.9 Å². The summed E-state index contributed by atoms with van der Waals surface area (Å²) >= 11 is 3.43. The van der Waals surface area contributed by atoms with E-state index in [0.717, 1.165) is 10.0 Å². The molecule has 1 atom stereocenters. The van der Waals surface area contributed by atoms with Gasteiger partial charge in [-0.25, -0.2) is 0 Å². The molecule has 1 unspecified atom stereocenters. The van der Waals surface area contributed by atoms with Crippen LogP contribution in [0.5, 0.6) is 17.2 Å². The molecule has 0 aromatic heterocycles. The summed E-state index contributed by atoms with van der Waals surface area (Å²) in [5.74, 6) is -0.620. The number of methoxy groups -OCH3 is 3. The van der Waals surface area contributed by atoms with Crippen LogP contribution in [0.3, 0.4) is 0 Å². The van der Waals surface area contributed by atoms with E-state index in [2.05, 4.69) is 21.2 Å². The Labute approximate surface area is 164 Å². The van der Waals surface area contributed by atoms with Crippen molar-refractivity contribution in [3.05, 3.63) is 56.0 Å². The normalized spacial score (nSPS) is 11.4. The van der Waals surface area contributed by atoms with Gasteiger partial charge in [-0.05, 0) is 18.6 Å². The van der Waals surface area contributed by atoms with Gasteiger partial charge in [0, 0.05) is 10.5 Å². The molecule has 8 nitrogen and oxygen atoms in total. The SMILES string of the molecule is COc1cc(C(=O)NC(C)c2ccccc2Br)c([N+](=O)[O-])c(OC)c1OC. The van der Waals surface area contributed by atoms with Gasteiger partial charge in [-0.1, -0.05) is 34.1 Å². The Morgan fingerprint density at radius 1 is 1.15 bits per heavy atom. The fourth-order valence-electron chi connectivity index (χ4n) is 2.67. The average molecular weight is 439 g/mol. The summed E-state index contributed by atoms with van der Waals surface area (Å²) in [6.45, 7) is 1.78. The average Bonchev–Trinajstić information content (AvgIpc) is 2.65. The van der Waals surface area contributed by atoms with Crippen LogP contribution in [0.15, 0.2) is 34.8 Å². The van der Waals surface area contributed by atoms with Crippen molar-refractivity contribution in [2.45, 2.75) is 13.0 Å². The number of hydrogen-bond donors (Lipinski definition) is 1. The second-order valence-electron chi connectivity index (χ2n) is 5.52. The van der Waals surface area contributed by atoms with Crippen LogP contribution in [-0.2, 0) is 0 Å². The van der Waals surface area contributed by atoms with Gasteiger partial charge in [-0.2, -0.15) is 0 Å². The highest BCUT2D eigenvalue weighted by molar-refractivity contribution is 9.10. The number of nitro groups is 1. The van der Waals surface area contributed by atoms with E-state index >= 15 is 0 Å². The third kappa shape index (κ3) is 4.13. The fourth-order valence-corrected chi connectivity index (χ4v) is 3.30. The second kappa shape index (κ2) is 8.72. The molecule has 0 aliphatic carbocycles. The number of nitrogens with zero attached hydrogens (tertiary/aromatic N) is 1. The van der Waals surface area contributed by atoms with Gasteiger partial charge in [-0.15, -0.1) is 0 Å². The molecule has 9 heteroatoms. The molecule has 0 aliphatic rings. The maximum atomic E-state index is 12.8. The standard InChI is InChI=1S/C18H19BrN2O6/c1-10(11-7-5-6-8-13(11)19)20-18(22)12-9-14(25-2)16(26-3)17(27-4)15(12)21(23)24/h5-10H,1-4H3,(H,20,22). The van der Waals surface area contributed by atoms with E-state index in [1.54, 1.807) is 6.92 Å². The molecule has 2 aromatic carbocycles. The van der Waals surface area contributed by atoms with Gasteiger partial charge in [0.25, 0.3) is 5.91 Å². The third-order valence-electron chi connectivity index (χ3n) is 3.95. The molecule has 0 saturated heterocycles. The molecule has 0 fully saturated rings. The molecule has 0 radical (unpaired) electrons. The number of nitro benzene ring substituents is 1. The van der Waals surface area contributed by atoms with Gasteiger partial charge in [-0.3, -0.25) is 14.9 Å². The van der Waals surface area contributed by atoms with Crippen molar-refractivity contribution in [3.63, 3.8) is 0 Å². The first-order valence-corrected chi connectivity index (χ1v) is 8.67. The van der Waals surface area contributed by atoms with Crippen LogP contribution in [0, 0.1) is 10.1 Å². The molecular weight excluding hydrogens is 420 g/mol. The Hall–Kier alpha value is -2.81. The first kappa shape index (κ1) is 20.5. The maximum absolute atomic E-state index is 12.8. The Morgan fingerprint density at radius 3 is 2.30 bits per heavy atom. The number of amides is 1. The summed E-state index contributed by atoms with van der Waals surface area (Å²) in [4.78, 5) is 23.8. The summed E-state index contributed by atoms with van der Waals surface area (Å²) in [6.07, 6.45) is 0. The largest absolute Gasteiger partial charge is 0.493 e. The number of benzene rings is 2. The lowest BCUT2D eigenvalue weighted by molar-refractivity contribution is -0.386. The van der Waals surface area contributed by atoms with Crippen molar-refractivity contribution in [3.8, 4) is 17.2 Å². The van der Waals surface area contributed by atoms with Crippen LogP contribution in [0.1, 0.15) is 28.9 Å². The molecule has 144 valence electrons. The lowest BCUT2D eigenvalue weighted by atomic mass is 10.1. The monoisotopic (exact) mass is 438 g/mol. The molecule has 0 spiro atoms. The summed E-state index contributed by atoms with van der Waals surface area (Å²) in [6, 6.07) is 8.25. The van der Waals surface area contributed by atoms with E-state index in [9.17, 15) is 14.9 Å². The number of rotatable bonds is 7. The maximum Gasteiger partial charge on any atom is 0.327 e. The topological polar surface area (TPSA) is 99.9 Å². The molecule has 1 N–H and O–H groups in total. The second-order valence-corrected chi connectivity index (χ2v) is 6.37. The Morgan fingerprint density at radius 2 is 1.78 bits per heavy atom. The Bertz CT molecular complexity index is 871. The Kier molecular flexibility index (Phi) is 6.62. The first-order chi connectivity index (χ1) is 12.8. The van der Waals surface area contributed by atoms with Gasteiger partial charge >= 0.3 is 5.69 Å². The van der Waals surface area contributed by atoms with Gasteiger partial charge < -0.3 is 19.5 Å². The van der Waals surface area contributed by atoms with Crippen molar-refractivity contribution in [1.82, 2.24) is 5.32 Å². The third-order valence-corrected chi connectivity index (χ3v) is 4.67. The number of nitrogens with one attached hydrogen (secondary N) is 1. The van der Waals surface area contributed by atoms with Crippen LogP contribution in [0.2, 0.25) is 0 Å². The molecule has 2 aromatic rings. The number of ether oxygens (including phenoxy) is 3. The van der Waals surface area contributed by atoms with Crippen LogP contribution < -0.4 is 19.5 Å². The molecule has 0 aliphatic heterocycles. The molecule has 2 rings (SSSR count). The van der Waals surface area contributed by atoms with E-state index in [1.165, 1.54) is 27.4 Å². The highest BCUT2D eigenvalue weighted by Crippen LogP contribution is 2.46. The minimum Gasteiger partial charge on any atom is -0.493 e. The smallest absolute Gasteiger partial charge is 0.327 e. The number of carbonyl (C=O) groups excluding carboxylic acids is 1. The van der Waals surface area contributed by atoms with Gasteiger partial charge in [0.1, 0.15) is 5.56 Å². The van der Waals surface area contributed by atoms with Gasteiger partial charge in [0.15, 0.2) is 5.75 Å². The summed E-state index contributed by atoms with van der Waals surface area (Å²) in [7, 11) is 3.96. The van der Waals surface area contributed by atoms with E-state index < -0.39 is 22.6 Å². The summed E-state index contributed by atoms with van der Waals surface area (Å²) in [5, 5.41) is 14.4. The molecule has 0 heterocycles. The minimum atomic E-state index is -0.682. The Balaban J connectivity index is 2.51.